The summed E-state index contributed by atoms with van der Waals surface area (Å²) < 4.78 is 10.4. The Morgan fingerprint density at radius 1 is 1.00 bits per heavy atom. The summed E-state index contributed by atoms with van der Waals surface area (Å²) in [6.45, 7) is 10.6. The fourth-order valence-corrected chi connectivity index (χ4v) is 1.84. The molecule has 0 heterocycles. The molecule has 0 bridgehead atoms. The van der Waals surface area contributed by atoms with Gasteiger partial charge in [-0.15, -0.1) is 0 Å². The van der Waals surface area contributed by atoms with Crippen molar-refractivity contribution in [3.05, 3.63) is 34.2 Å². The maximum atomic E-state index is 12.1. The van der Waals surface area contributed by atoms with Gasteiger partial charge in [-0.05, 0) is 64.8 Å². The van der Waals surface area contributed by atoms with Crippen molar-refractivity contribution in [3.63, 3.8) is 0 Å². The Morgan fingerprint density at radius 3 is 1.96 bits per heavy atom. The molecular weight excluding hydrogens is 338 g/mol. The first-order chi connectivity index (χ1) is 11.9. The highest BCUT2D eigenvalue weighted by molar-refractivity contribution is 5.95. The minimum absolute atomic E-state index is 0.103. The minimum Gasteiger partial charge on any atom is -0.444 e. The Hall–Kier alpha value is -2.93. The largest absolute Gasteiger partial charge is 0.444 e. The molecule has 0 unspecified atom stereocenters. The second-order valence-corrected chi connectivity index (χ2v) is 7.52. The molecule has 1 rings (SSSR count). The van der Waals surface area contributed by atoms with Crippen molar-refractivity contribution in [2.24, 2.45) is 5.11 Å². The van der Waals surface area contributed by atoms with Crippen LogP contribution in [0.25, 0.3) is 10.4 Å². The predicted molar refractivity (Wildman–Crippen MR) is 99.0 cm³/mol. The molecule has 2 amide bonds. The fourth-order valence-electron chi connectivity index (χ4n) is 1.84. The third kappa shape index (κ3) is 8.25. The predicted octanol–water partition coefficient (Wildman–Crippen LogP) is 5.19. The Balaban J connectivity index is 3.05. The molecule has 0 aliphatic carbocycles. The summed E-state index contributed by atoms with van der Waals surface area (Å²) in [7, 11) is 0. The lowest BCUT2D eigenvalue weighted by atomic mass is 10.1. The summed E-state index contributed by atoms with van der Waals surface area (Å²) in [5.41, 5.74) is 8.40. The topological polar surface area (TPSA) is 125 Å². The zero-order valence-corrected chi connectivity index (χ0v) is 15.9. The summed E-state index contributed by atoms with van der Waals surface area (Å²) in [5, 5.41) is 8.65. The standard InChI is InChI=1S/C17H25N5O4/c1-16(2,3)25-14(23)20-12-8-7-11(10-19-22-18)9-13(12)21-15(24)26-17(4,5)6/h7-9H,10H2,1-6H3,(H,20,23)(H,21,24). The average molecular weight is 363 g/mol. The number of azide groups is 1. The number of amides is 2. The Bertz CT molecular complexity index is 713. The molecule has 0 fully saturated rings. The van der Waals surface area contributed by atoms with Gasteiger partial charge in [0.25, 0.3) is 0 Å². The number of ether oxygens (including phenoxy) is 2. The summed E-state index contributed by atoms with van der Waals surface area (Å²) in [4.78, 5) is 26.8. The molecule has 0 aromatic heterocycles. The van der Waals surface area contributed by atoms with Crippen LogP contribution < -0.4 is 10.6 Å². The monoisotopic (exact) mass is 363 g/mol. The Labute approximate surface area is 152 Å². The van der Waals surface area contributed by atoms with E-state index in [9.17, 15) is 9.59 Å². The first-order valence-corrected chi connectivity index (χ1v) is 8.03. The van der Waals surface area contributed by atoms with E-state index in [1.54, 1.807) is 59.7 Å². The van der Waals surface area contributed by atoms with Gasteiger partial charge in [0.15, 0.2) is 0 Å². The van der Waals surface area contributed by atoms with Crippen molar-refractivity contribution in [2.45, 2.75) is 59.3 Å². The summed E-state index contributed by atoms with van der Waals surface area (Å²) >= 11 is 0. The molecular formula is C17H25N5O4. The van der Waals surface area contributed by atoms with Crippen LogP contribution in [0.5, 0.6) is 0 Å². The number of hydrogen-bond acceptors (Lipinski definition) is 5. The van der Waals surface area contributed by atoms with Gasteiger partial charge >= 0.3 is 12.2 Å². The van der Waals surface area contributed by atoms with E-state index < -0.39 is 23.4 Å². The number of carbonyl (C=O) groups is 2. The average Bonchev–Trinajstić information content (AvgIpc) is 2.43. The van der Waals surface area contributed by atoms with Crippen molar-refractivity contribution in [1.29, 1.82) is 0 Å². The molecule has 9 nitrogen and oxygen atoms in total. The van der Waals surface area contributed by atoms with E-state index in [2.05, 4.69) is 20.7 Å². The fraction of sp³-hybridized carbons (Fsp3) is 0.529. The van der Waals surface area contributed by atoms with E-state index in [0.717, 1.165) is 0 Å². The zero-order chi connectivity index (χ0) is 20.0. The Kier molecular flexibility index (Phi) is 6.85. The van der Waals surface area contributed by atoms with Crippen molar-refractivity contribution >= 4 is 23.6 Å². The van der Waals surface area contributed by atoms with Crippen LogP contribution in [-0.4, -0.2) is 23.4 Å². The van der Waals surface area contributed by atoms with Gasteiger partial charge in [0.05, 0.1) is 17.9 Å². The number of nitrogens with zero attached hydrogens (tertiary/aromatic N) is 3. The van der Waals surface area contributed by atoms with Crippen molar-refractivity contribution in [1.82, 2.24) is 0 Å². The molecule has 1 aromatic carbocycles. The van der Waals surface area contributed by atoms with Gasteiger partial charge in [-0.25, -0.2) is 9.59 Å². The SMILES string of the molecule is CC(C)(C)OC(=O)Nc1ccc(CN=[N+]=[N-])cc1NC(=O)OC(C)(C)C. The lowest BCUT2D eigenvalue weighted by Gasteiger charge is -2.22. The maximum absolute atomic E-state index is 12.1. The normalized spacial score (nSPS) is 11.2. The molecule has 2 N–H and O–H groups in total. The van der Waals surface area contributed by atoms with E-state index >= 15 is 0 Å². The molecule has 0 aliphatic heterocycles. The highest BCUT2D eigenvalue weighted by Gasteiger charge is 2.20. The van der Waals surface area contributed by atoms with E-state index in [4.69, 9.17) is 15.0 Å². The highest BCUT2D eigenvalue weighted by Crippen LogP contribution is 2.25. The van der Waals surface area contributed by atoms with Crippen LogP contribution in [0.2, 0.25) is 0 Å². The van der Waals surface area contributed by atoms with Gasteiger partial charge < -0.3 is 9.47 Å². The van der Waals surface area contributed by atoms with Crippen LogP contribution in [0.1, 0.15) is 47.1 Å². The molecule has 0 saturated carbocycles. The number of benzene rings is 1. The zero-order valence-electron chi connectivity index (χ0n) is 15.9. The van der Waals surface area contributed by atoms with Crippen LogP contribution in [0, 0.1) is 0 Å². The summed E-state index contributed by atoms with van der Waals surface area (Å²) in [6, 6.07) is 4.84. The minimum atomic E-state index is -0.675. The molecule has 0 radical (unpaired) electrons. The molecule has 0 atom stereocenters. The van der Waals surface area contributed by atoms with E-state index in [-0.39, 0.29) is 6.54 Å². The van der Waals surface area contributed by atoms with E-state index in [1.807, 2.05) is 0 Å². The molecule has 9 heteroatoms. The van der Waals surface area contributed by atoms with Gasteiger partial charge in [-0.1, -0.05) is 11.2 Å². The molecule has 142 valence electrons. The Morgan fingerprint density at radius 2 is 1.50 bits per heavy atom. The third-order valence-corrected chi connectivity index (χ3v) is 2.67. The first kappa shape index (κ1) is 21.1. The summed E-state index contributed by atoms with van der Waals surface area (Å²) in [5.74, 6) is 0. The third-order valence-electron chi connectivity index (χ3n) is 2.67. The highest BCUT2D eigenvalue weighted by atomic mass is 16.6. The van der Waals surface area contributed by atoms with Crippen LogP contribution in [0.15, 0.2) is 23.3 Å². The van der Waals surface area contributed by atoms with Crippen LogP contribution >= 0.6 is 0 Å². The lowest BCUT2D eigenvalue weighted by Crippen LogP contribution is -2.29. The van der Waals surface area contributed by atoms with Gasteiger partial charge in [-0.2, -0.15) is 0 Å². The van der Waals surface area contributed by atoms with Gasteiger partial charge in [0.2, 0.25) is 0 Å². The van der Waals surface area contributed by atoms with Gasteiger partial charge in [0, 0.05) is 4.91 Å². The van der Waals surface area contributed by atoms with Crippen molar-refractivity contribution in [2.75, 3.05) is 10.6 Å². The summed E-state index contributed by atoms with van der Waals surface area (Å²) in [6.07, 6.45) is -1.33. The van der Waals surface area contributed by atoms with Crippen LogP contribution in [-0.2, 0) is 16.0 Å². The second-order valence-electron chi connectivity index (χ2n) is 7.52. The molecule has 0 saturated heterocycles. The number of nitrogens with one attached hydrogen (secondary N) is 2. The lowest BCUT2D eigenvalue weighted by molar-refractivity contribution is 0.0620. The second kappa shape index (κ2) is 8.44. The molecule has 0 spiro atoms. The van der Waals surface area contributed by atoms with E-state index in [1.165, 1.54) is 0 Å². The van der Waals surface area contributed by atoms with Crippen LogP contribution in [0.4, 0.5) is 21.0 Å². The van der Waals surface area contributed by atoms with E-state index in [0.29, 0.717) is 16.9 Å². The van der Waals surface area contributed by atoms with Gasteiger partial charge in [0.1, 0.15) is 11.2 Å². The molecule has 26 heavy (non-hydrogen) atoms. The first-order valence-electron chi connectivity index (χ1n) is 8.03. The number of carbonyl (C=O) groups excluding carboxylic acids is 2. The van der Waals surface area contributed by atoms with Crippen molar-refractivity contribution in [3.8, 4) is 0 Å². The molecule has 0 aliphatic rings. The van der Waals surface area contributed by atoms with Gasteiger partial charge in [-0.3, -0.25) is 10.6 Å². The quantitative estimate of drug-likeness (QED) is 0.433. The number of rotatable bonds is 4. The molecule has 1 aromatic rings. The van der Waals surface area contributed by atoms with Crippen LogP contribution in [0.3, 0.4) is 0 Å². The number of anilines is 2. The maximum Gasteiger partial charge on any atom is 0.412 e. The van der Waals surface area contributed by atoms with Crippen molar-refractivity contribution < 1.29 is 19.1 Å². The smallest absolute Gasteiger partial charge is 0.412 e. The number of hydrogen-bond donors (Lipinski definition) is 2.